The molecule has 0 spiro atoms. The largest absolute Gasteiger partial charge is 0.467 e. The second kappa shape index (κ2) is 4.07. The summed E-state index contributed by atoms with van der Waals surface area (Å²) in [5.41, 5.74) is 0. The van der Waals surface area contributed by atoms with Gasteiger partial charge in [0.05, 0.1) is 13.7 Å². The van der Waals surface area contributed by atoms with Crippen molar-refractivity contribution >= 4 is 17.6 Å². The molecule has 4 atom stereocenters. The Hall–Kier alpha value is -0.280. The number of ether oxygens (including phenoxy) is 2. The third kappa shape index (κ3) is 1.63. The number of halogens is 1. The Labute approximate surface area is 88.7 Å². The molecule has 1 heterocycles. The molecule has 0 N–H and O–H groups in total. The van der Waals surface area contributed by atoms with Crippen LogP contribution in [-0.2, 0) is 14.3 Å². The topological polar surface area (TPSA) is 35.5 Å². The van der Waals surface area contributed by atoms with Crippen molar-refractivity contribution < 1.29 is 14.3 Å². The number of esters is 1. The summed E-state index contributed by atoms with van der Waals surface area (Å²) in [4.78, 5) is 11.4. The summed E-state index contributed by atoms with van der Waals surface area (Å²) < 4.78 is 10.2. The molecule has 0 aromatic heterocycles. The van der Waals surface area contributed by atoms with E-state index < -0.39 is 6.10 Å². The lowest BCUT2D eigenvalue weighted by Crippen LogP contribution is -2.37. The molecule has 0 radical (unpaired) electrons. The molecule has 80 valence electrons. The van der Waals surface area contributed by atoms with E-state index in [0.717, 1.165) is 19.3 Å². The number of hydrogen-bond acceptors (Lipinski definition) is 3. The van der Waals surface area contributed by atoms with Gasteiger partial charge in [-0.3, -0.25) is 0 Å². The van der Waals surface area contributed by atoms with Gasteiger partial charge in [-0.1, -0.05) is 6.42 Å². The van der Waals surface area contributed by atoms with Crippen molar-refractivity contribution in [3.05, 3.63) is 0 Å². The van der Waals surface area contributed by atoms with Gasteiger partial charge in [-0.25, -0.2) is 4.79 Å². The van der Waals surface area contributed by atoms with E-state index in [1.165, 1.54) is 7.11 Å². The molecule has 1 aliphatic carbocycles. The Balaban J connectivity index is 2.10. The Morgan fingerprint density at radius 3 is 3.00 bits per heavy atom. The molecule has 1 aliphatic heterocycles. The van der Waals surface area contributed by atoms with Gasteiger partial charge in [0.2, 0.25) is 0 Å². The molecule has 0 amide bonds. The molecule has 0 aromatic carbocycles. The molecule has 2 fully saturated rings. The zero-order valence-electron chi connectivity index (χ0n) is 8.24. The summed E-state index contributed by atoms with van der Waals surface area (Å²) in [6, 6.07) is 0. The highest BCUT2D eigenvalue weighted by Gasteiger charge is 2.47. The smallest absolute Gasteiger partial charge is 0.335 e. The van der Waals surface area contributed by atoms with Gasteiger partial charge in [-0.15, -0.1) is 11.6 Å². The second-order valence-corrected chi connectivity index (χ2v) is 4.62. The van der Waals surface area contributed by atoms with Gasteiger partial charge in [0.15, 0.2) is 6.10 Å². The number of alkyl halides is 1. The fourth-order valence-corrected chi connectivity index (χ4v) is 3.06. The number of fused-ring (bicyclic) bond motifs is 1. The van der Waals surface area contributed by atoms with Crippen LogP contribution in [0.4, 0.5) is 0 Å². The molecular formula is C10H15ClO3. The van der Waals surface area contributed by atoms with Crippen LogP contribution in [-0.4, -0.2) is 31.2 Å². The Morgan fingerprint density at radius 2 is 2.29 bits per heavy atom. The van der Waals surface area contributed by atoms with Crippen LogP contribution in [0.25, 0.3) is 0 Å². The Morgan fingerprint density at radius 1 is 1.50 bits per heavy atom. The minimum atomic E-state index is -0.423. The van der Waals surface area contributed by atoms with E-state index in [4.69, 9.17) is 21.1 Å². The summed E-state index contributed by atoms with van der Waals surface area (Å²) in [5, 5.41) is 0.0698. The van der Waals surface area contributed by atoms with Crippen LogP contribution in [0.15, 0.2) is 0 Å². The van der Waals surface area contributed by atoms with Crippen molar-refractivity contribution in [2.75, 3.05) is 13.7 Å². The van der Waals surface area contributed by atoms with Crippen molar-refractivity contribution in [3.8, 4) is 0 Å². The predicted octanol–water partition coefficient (Wildman–Crippen LogP) is 1.58. The molecule has 14 heavy (non-hydrogen) atoms. The number of carbonyl (C=O) groups is 1. The average Bonchev–Trinajstić information content (AvgIpc) is 2.62. The highest BCUT2D eigenvalue weighted by molar-refractivity contribution is 6.21. The average molecular weight is 219 g/mol. The molecule has 4 heteroatoms. The van der Waals surface area contributed by atoms with E-state index in [-0.39, 0.29) is 17.3 Å². The first kappa shape index (κ1) is 10.2. The summed E-state index contributed by atoms with van der Waals surface area (Å²) >= 11 is 6.23. The monoisotopic (exact) mass is 218 g/mol. The summed E-state index contributed by atoms with van der Waals surface area (Å²) in [6.07, 6.45) is 2.83. The lowest BCUT2D eigenvalue weighted by atomic mass is 9.78. The zero-order chi connectivity index (χ0) is 10.1. The van der Waals surface area contributed by atoms with E-state index in [1.807, 2.05) is 0 Å². The SMILES string of the molecule is COC(=O)[C@@H]1OC[C@@H]2CCC[C@@H](Cl)[C@H]21. The van der Waals surface area contributed by atoms with Crippen LogP contribution in [0.5, 0.6) is 0 Å². The van der Waals surface area contributed by atoms with Gasteiger partial charge >= 0.3 is 5.97 Å². The third-order valence-electron chi connectivity index (χ3n) is 3.29. The van der Waals surface area contributed by atoms with E-state index in [0.29, 0.717) is 12.5 Å². The van der Waals surface area contributed by atoms with Gasteiger partial charge < -0.3 is 9.47 Å². The first-order chi connectivity index (χ1) is 6.74. The van der Waals surface area contributed by atoms with Gasteiger partial charge in [-0.2, -0.15) is 0 Å². The quantitative estimate of drug-likeness (QED) is 0.495. The van der Waals surface area contributed by atoms with Gasteiger partial charge in [0.1, 0.15) is 0 Å². The van der Waals surface area contributed by atoms with Crippen LogP contribution in [0.2, 0.25) is 0 Å². The molecule has 2 aliphatic rings. The zero-order valence-corrected chi connectivity index (χ0v) is 9.00. The third-order valence-corrected chi connectivity index (χ3v) is 3.80. The first-order valence-electron chi connectivity index (χ1n) is 5.07. The number of rotatable bonds is 1. The maximum Gasteiger partial charge on any atom is 0.335 e. The van der Waals surface area contributed by atoms with Crippen molar-refractivity contribution in [1.29, 1.82) is 0 Å². The molecular weight excluding hydrogens is 204 g/mol. The molecule has 0 unspecified atom stereocenters. The molecule has 1 saturated heterocycles. The molecule has 3 nitrogen and oxygen atoms in total. The highest BCUT2D eigenvalue weighted by Crippen LogP contribution is 2.41. The molecule has 1 saturated carbocycles. The lowest BCUT2D eigenvalue weighted by Gasteiger charge is -2.30. The Bertz CT molecular complexity index is 231. The van der Waals surface area contributed by atoms with Crippen molar-refractivity contribution in [3.63, 3.8) is 0 Å². The minimum Gasteiger partial charge on any atom is -0.467 e. The highest BCUT2D eigenvalue weighted by atomic mass is 35.5. The van der Waals surface area contributed by atoms with Crippen molar-refractivity contribution in [2.24, 2.45) is 11.8 Å². The maximum atomic E-state index is 11.4. The number of hydrogen-bond donors (Lipinski definition) is 0. The van der Waals surface area contributed by atoms with Gasteiger partial charge in [0.25, 0.3) is 0 Å². The van der Waals surface area contributed by atoms with Crippen LogP contribution in [0.1, 0.15) is 19.3 Å². The first-order valence-corrected chi connectivity index (χ1v) is 5.51. The van der Waals surface area contributed by atoms with Crippen LogP contribution in [0, 0.1) is 11.8 Å². The van der Waals surface area contributed by atoms with E-state index in [9.17, 15) is 4.79 Å². The Kier molecular flexibility index (Phi) is 2.98. The minimum absolute atomic E-state index is 0.0698. The fraction of sp³-hybridized carbons (Fsp3) is 0.900. The van der Waals surface area contributed by atoms with E-state index >= 15 is 0 Å². The molecule has 0 aromatic rings. The molecule has 2 rings (SSSR count). The second-order valence-electron chi connectivity index (χ2n) is 4.06. The standard InChI is InChI=1S/C10H15ClO3/c1-13-10(12)9-8-6(5-14-9)3-2-4-7(8)11/h6-9H,2-5H2,1H3/t6-,7+,8-,9+/m0/s1. The van der Waals surface area contributed by atoms with Crippen molar-refractivity contribution in [2.45, 2.75) is 30.7 Å². The lowest BCUT2D eigenvalue weighted by molar-refractivity contribution is -0.153. The fourth-order valence-electron chi connectivity index (χ4n) is 2.57. The van der Waals surface area contributed by atoms with E-state index in [1.54, 1.807) is 0 Å². The maximum absolute atomic E-state index is 11.4. The normalized spacial score (nSPS) is 41.9. The number of methoxy groups -OCH3 is 1. The van der Waals surface area contributed by atoms with Crippen LogP contribution in [0.3, 0.4) is 0 Å². The van der Waals surface area contributed by atoms with Gasteiger partial charge in [-0.05, 0) is 18.8 Å². The van der Waals surface area contributed by atoms with Gasteiger partial charge in [0, 0.05) is 11.3 Å². The predicted molar refractivity (Wildman–Crippen MR) is 52.2 cm³/mol. The number of carbonyl (C=O) groups excluding carboxylic acids is 1. The van der Waals surface area contributed by atoms with Crippen LogP contribution >= 0.6 is 11.6 Å². The van der Waals surface area contributed by atoms with Crippen molar-refractivity contribution in [1.82, 2.24) is 0 Å². The van der Waals surface area contributed by atoms with Crippen LogP contribution < -0.4 is 0 Å². The van der Waals surface area contributed by atoms with E-state index in [2.05, 4.69) is 0 Å². The summed E-state index contributed by atoms with van der Waals surface area (Å²) in [6.45, 7) is 0.660. The summed E-state index contributed by atoms with van der Waals surface area (Å²) in [5.74, 6) is 0.346. The molecule has 0 bridgehead atoms. The summed E-state index contributed by atoms with van der Waals surface area (Å²) in [7, 11) is 1.39.